The molecule has 0 saturated carbocycles. The van der Waals surface area contributed by atoms with Crippen molar-refractivity contribution in [2.24, 2.45) is 0 Å². The zero-order chi connectivity index (χ0) is 14.9. The molecule has 4 nitrogen and oxygen atoms in total. The highest BCUT2D eigenvalue weighted by Gasteiger charge is 2.26. The molecule has 21 heavy (non-hydrogen) atoms. The van der Waals surface area contributed by atoms with Gasteiger partial charge in [-0.2, -0.15) is 0 Å². The van der Waals surface area contributed by atoms with E-state index in [4.69, 9.17) is 0 Å². The van der Waals surface area contributed by atoms with E-state index in [1.54, 1.807) is 0 Å². The molecule has 0 amide bonds. The summed E-state index contributed by atoms with van der Waals surface area (Å²) in [4.78, 5) is 6.58. The van der Waals surface area contributed by atoms with Crippen molar-refractivity contribution in [2.75, 3.05) is 18.8 Å². The molecule has 3 rings (SSSR count). The first kappa shape index (κ1) is 14.9. The van der Waals surface area contributed by atoms with Gasteiger partial charge in [-0.25, -0.2) is 13.4 Å². The number of piperidine rings is 1. The van der Waals surface area contributed by atoms with Gasteiger partial charge in [0.1, 0.15) is 0 Å². The summed E-state index contributed by atoms with van der Waals surface area (Å²) in [5, 5.41) is 0. The lowest BCUT2D eigenvalue weighted by Gasteiger charge is -2.31. The third-order valence-electron chi connectivity index (χ3n) is 4.01. The predicted molar refractivity (Wildman–Crippen MR) is 86.6 cm³/mol. The van der Waals surface area contributed by atoms with Crippen LogP contribution in [0.2, 0.25) is 0 Å². The normalized spacial score (nSPS) is 18.9. The van der Waals surface area contributed by atoms with Crippen LogP contribution < -0.4 is 0 Å². The van der Waals surface area contributed by atoms with Crippen LogP contribution in [-0.4, -0.2) is 43.2 Å². The Hall–Kier alpha value is -0.980. The maximum Gasteiger partial charge on any atom is 0.210 e. The van der Waals surface area contributed by atoms with Crippen molar-refractivity contribution in [2.45, 2.75) is 36.6 Å². The van der Waals surface area contributed by atoms with Gasteiger partial charge in [0.05, 0.1) is 16.0 Å². The van der Waals surface area contributed by atoms with Crippen molar-refractivity contribution >= 4 is 31.4 Å². The minimum atomic E-state index is -3.30. The minimum Gasteiger partial charge on any atom is -0.300 e. The second kappa shape index (κ2) is 6.02. The van der Waals surface area contributed by atoms with E-state index in [-0.39, 0.29) is 16.1 Å². The third-order valence-corrected chi connectivity index (χ3v) is 7.40. The molecular weight excluding hydrogens is 304 g/mol. The average Bonchev–Trinajstić information content (AvgIpc) is 2.92. The van der Waals surface area contributed by atoms with Crippen LogP contribution >= 0.6 is 11.3 Å². The van der Waals surface area contributed by atoms with E-state index < -0.39 is 9.84 Å². The second-order valence-electron chi connectivity index (χ2n) is 5.67. The molecule has 0 bridgehead atoms. The highest BCUT2D eigenvalue weighted by Crippen LogP contribution is 2.26. The molecule has 1 unspecified atom stereocenters. The van der Waals surface area contributed by atoms with Gasteiger partial charge >= 0.3 is 0 Å². The van der Waals surface area contributed by atoms with Crippen molar-refractivity contribution < 1.29 is 8.42 Å². The zero-order valence-corrected chi connectivity index (χ0v) is 13.8. The molecule has 1 aromatic carbocycles. The number of thiazole rings is 1. The lowest BCUT2D eigenvalue weighted by atomic mass is 10.1. The molecule has 1 atom stereocenters. The summed E-state index contributed by atoms with van der Waals surface area (Å²) in [6.45, 7) is 4.03. The molecule has 1 saturated heterocycles. The smallest absolute Gasteiger partial charge is 0.210 e. The zero-order valence-electron chi connectivity index (χ0n) is 12.2. The summed E-state index contributed by atoms with van der Waals surface area (Å²) in [6, 6.07) is 7.63. The first-order chi connectivity index (χ1) is 10.1. The standard InChI is InChI=1S/C15H20N2O2S2/c1-12(17-9-5-2-6-10-17)11-21(18,19)15-16-13-7-3-4-8-14(13)20-15/h3-4,7-8,12H,2,5-6,9-11H2,1H3. The quantitative estimate of drug-likeness (QED) is 0.867. The molecule has 2 heterocycles. The maximum absolute atomic E-state index is 12.6. The van der Waals surface area contributed by atoms with E-state index in [0.29, 0.717) is 0 Å². The van der Waals surface area contributed by atoms with Crippen LogP contribution in [-0.2, 0) is 9.84 Å². The average molecular weight is 324 g/mol. The van der Waals surface area contributed by atoms with Crippen LogP contribution in [0.4, 0.5) is 0 Å². The lowest BCUT2D eigenvalue weighted by molar-refractivity contribution is 0.186. The lowest BCUT2D eigenvalue weighted by Crippen LogP contribution is -2.41. The number of hydrogen-bond acceptors (Lipinski definition) is 5. The van der Waals surface area contributed by atoms with Gasteiger partial charge in [-0.05, 0) is 45.0 Å². The van der Waals surface area contributed by atoms with Gasteiger partial charge in [0, 0.05) is 6.04 Å². The molecule has 1 aliphatic heterocycles. The number of hydrogen-bond donors (Lipinski definition) is 0. The number of nitrogens with zero attached hydrogens (tertiary/aromatic N) is 2. The fourth-order valence-corrected chi connectivity index (χ4v) is 5.74. The Balaban J connectivity index is 1.79. The van der Waals surface area contributed by atoms with Crippen LogP contribution in [0.3, 0.4) is 0 Å². The van der Waals surface area contributed by atoms with Crippen molar-refractivity contribution in [3.8, 4) is 0 Å². The van der Waals surface area contributed by atoms with E-state index in [2.05, 4.69) is 9.88 Å². The fraction of sp³-hybridized carbons (Fsp3) is 0.533. The van der Waals surface area contributed by atoms with Gasteiger partial charge in [0.15, 0.2) is 0 Å². The van der Waals surface area contributed by atoms with Crippen molar-refractivity contribution in [3.63, 3.8) is 0 Å². The summed E-state index contributed by atoms with van der Waals surface area (Å²) in [6.07, 6.45) is 3.60. The topological polar surface area (TPSA) is 50.3 Å². The van der Waals surface area contributed by atoms with Crippen LogP contribution in [0.25, 0.3) is 10.2 Å². The molecule has 1 aliphatic rings. The number of para-hydroxylation sites is 1. The van der Waals surface area contributed by atoms with Gasteiger partial charge in [0.25, 0.3) is 0 Å². The van der Waals surface area contributed by atoms with Crippen LogP contribution in [0.15, 0.2) is 28.6 Å². The van der Waals surface area contributed by atoms with Crippen molar-refractivity contribution in [3.05, 3.63) is 24.3 Å². The summed E-state index contributed by atoms with van der Waals surface area (Å²) in [5.41, 5.74) is 0.770. The number of likely N-dealkylation sites (tertiary alicyclic amines) is 1. The molecule has 0 radical (unpaired) electrons. The highest BCUT2D eigenvalue weighted by atomic mass is 32.2. The summed E-state index contributed by atoms with van der Waals surface area (Å²) in [5.74, 6) is 0.160. The number of benzene rings is 1. The Morgan fingerprint density at radius 2 is 1.95 bits per heavy atom. The fourth-order valence-electron chi connectivity index (χ4n) is 2.84. The predicted octanol–water partition coefficient (Wildman–Crippen LogP) is 2.94. The van der Waals surface area contributed by atoms with Gasteiger partial charge in [0.2, 0.25) is 14.2 Å². The second-order valence-corrected chi connectivity index (χ2v) is 8.91. The monoisotopic (exact) mass is 324 g/mol. The molecule has 2 aromatic rings. The Bertz CT molecular complexity index is 685. The summed E-state index contributed by atoms with van der Waals surface area (Å²) < 4.78 is 26.3. The molecule has 0 aliphatic carbocycles. The molecule has 6 heteroatoms. The number of fused-ring (bicyclic) bond motifs is 1. The first-order valence-corrected chi connectivity index (χ1v) is 9.85. The molecule has 0 spiro atoms. The Kier molecular flexibility index (Phi) is 4.28. The Morgan fingerprint density at radius 3 is 2.67 bits per heavy atom. The van der Waals surface area contributed by atoms with Gasteiger partial charge in [-0.1, -0.05) is 18.6 Å². The molecule has 1 aromatic heterocycles. The van der Waals surface area contributed by atoms with Crippen molar-refractivity contribution in [1.82, 2.24) is 9.88 Å². The number of sulfone groups is 1. The SMILES string of the molecule is CC(CS(=O)(=O)c1nc2ccccc2s1)N1CCCCC1. The molecule has 114 valence electrons. The van der Waals surface area contributed by atoms with Gasteiger partial charge in [-0.15, -0.1) is 11.3 Å². The Morgan fingerprint density at radius 1 is 1.24 bits per heavy atom. The van der Waals surface area contributed by atoms with Crippen LogP contribution in [0, 0.1) is 0 Å². The molecule has 1 fully saturated rings. The largest absolute Gasteiger partial charge is 0.300 e. The van der Waals surface area contributed by atoms with Crippen molar-refractivity contribution in [1.29, 1.82) is 0 Å². The maximum atomic E-state index is 12.6. The van der Waals surface area contributed by atoms with E-state index in [1.165, 1.54) is 30.6 Å². The first-order valence-electron chi connectivity index (χ1n) is 7.39. The Labute approximate surface area is 129 Å². The minimum absolute atomic E-state index is 0.0577. The molecular formula is C15H20N2O2S2. The summed E-state index contributed by atoms with van der Waals surface area (Å²) >= 11 is 1.28. The van der Waals surface area contributed by atoms with Crippen LogP contribution in [0.1, 0.15) is 26.2 Å². The van der Waals surface area contributed by atoms with Gasteiger partial charge in [-0.3, -0.25) is 4.90 Å². The third kappa shape index (κ3) is 3.27. The van der Waals surface area contributed by atoms with E-state index in [1.807, 2.05) is 31.2 Å². The molecule has 0 N–H and O–H groups in total. The van der Waals surface area contributed by atoms with E-state index >= 15 is 0 Å². The van der Waals surface area contributed by atoms with Gasteiger partial charge < -0.3 is 0 Å². The number of aromatic nitrogens is 1. The number of rotatable bonds is 4. The summed E-state index contributed by atoms with van der Waals surface area (Å²) in [7, 11) is -3.30. The van der Waals surface area contributed by atoms with E-state index in [9.17, 15) is 8.42 Å². The van der Waals surface area contributed by atoms with Crippen LogP contribution in [0.5, 0.6) is 0 Å². The highest BCUT2D eigenvalue weighted by molar-refractivity contribution is 7.93. The van der Waals surface area contributed by atoms with E-state index in [0.717, 1.165) is 23.3 Å².